The van der Waals surface area contributed by atoms with Gasteiger partial charge in [0.05, 0.1) is 17.6 Å². The fourth-order valence-corrected chi connectivity index (χ4v) is 5.82. The summed E-state index contributed by atoms with van der Waals surface area (Å²) in [6.07, 6.45) is 7.63. The Morgan fingerprint density at radius 1 is 1.07 bits per heavy atom. The summed E-state index contributed by atoms with van der Waals surface area (Å²) in [5.74, 6) is 2.54. The monoisotopic (exact) mass is 426 g/mol. The molecule has 1 aromatic carbocycles. The molecule has 2 heterocycles. The molecule has 2 bridgehead atoms. The summed E-state index contributed by atoms with van der Waals surface area (Å²) in [6.45, 7) is 2.66. The van der Waals surface area contributed by atoms with E-state index in [0.717, 1.165) is 11.8 Å². The average molecular weight is 427 g/mol. The molecule has 2 saturated carbocycles. The Bertz CT molecular complexity index is 984. The molecular weight excluding hydrogens is 400 g/mol. The molecule has 158 valence electrons. The number of aromatic nitrogens is 2. The number of hydrogen-bond donors (Lipinski definition) is 0. The topological polar surface area (TPSA) is 58.4 Å². The van der Waals surface area contributed by atoms with Crippen molar-refractivity contribution in [1.82, 2.24) is 14.7 Å². The number of nitrogens with zero attached hydrogens (tertiary/aromatic N) is 4. The van der Waals surface area contributed by atoms with E-state index >= 15 is 0 Å². The molecular formula is C23H27ClN4O2. The normalized spacial score (nSPS) is 25.7. The Morgan fingerprint density at radius 2 is 1.83 bits per heavy atom. The lowest BCUT2D eigenvalue weighted by molar-refractivity contribution is -0.132. The number of para-hydroxylation sites is 1. The van der Waals surface area contributed by atoms with Crippen molar-refractivity contribution in [3.05, 3.63) is 51.9 Å². The number of benzene rings is 1. The van der Waals surface area contributed by atoms with Gasteiger partial charge in [-0.3, -0.25) is 9.59 Å². The molecule has 1 amide bonds. The van der Waals surface area contributed by atoms with Crippen LogP contribution in [0.5, 0.6) is 0 Å². The van der Waals surface area contributed by atoms with Crippen LogP contribution < -0.4 is 10.5 Å². The standard InChI is InChI=1S/C23H27ClN4O2/c24-22-20(15-25-28(23(22)30)19-4-2-1-3-5-19)26-8-10-27(11-9-26)21(29)14-18-13-16-6-7-17(18)12-16/h1-5,15-18H,6-14H2/t16-,17+,18-/m0/s1. The first kappa shape index (κ1) is 19.6. The summed E-state index contributed by atoms with van der Waals surface area (Å²) < 4.78 is 1.32. The zero-order valence-corrected chi connectivity index (χ0v) is 17.8. The molecule has 1 aliphatic heterocycles. The summed E-state index contributed by atoms with van der Waals surface area (Å²) in [7, 11) is 0. The molecule has 3 atom stereocenters. The van der Waals surface area contributed by atoms with Crippen LogP contribution in [-0.2, 0) is 4.79 Å². The zero-order valence-electron chi connectivity index (χ0n) is 17.0. The van der Waals surface area contributed by atoms with Crippen molar-refractivity contribution in [3.63, 3.8) is 0 Å². The first-order chi connectivity index (χ1) is 14.6. The molecule has 30 heavy (non-hydrogen) atoms. The van der Waals surface area contributed by atoms with Crippen molar-refractivity contribution in [2.75, 3.05) is 31.1 Å². The smallest absolute Gasteiger partial charge is 0.292 e. The quantitative estimate of drug-likeness (QED) is 0.752. The number of amides is 1. The highest BCUT2D eigenvalue weighted by molar-refractivity contribution is 6.33. The number of hydrogen-bond acceptors (Lipinski definition) is 4. The fourth-order valence-electron chi connectivity index (χ4n) is 5.57. The maximum Gasteiger partial charge on any atom is 0.292 e. The third kappa shape index (κ3) is 3.62. The third-order valence-electron chi connectivity index (χ3n) is 7.20. The summed E-state index contributed by atoms with van der Waals surface area (Å²) in [5, 5.41) is 4.50. The molecule has 0 N–H and O–H groups in total. The molecule has 5 rings (SSSR count). The van der Waals surface area contributed by atoms with Gasteiger partial charge < -0.3 is 9.80 Å². The Balaban J connectivity index is 1.23. The molecule has 2 aliphatic carbocycles. The minimum atomic E-state index is -0.324. The predicted molar refractivity (Wildman–Crippen MR) is 117 cm³/mol. The number of carbonyl (C=O) groups excluding carboxylic acids is 1. The highest BCUT2D eigenvalue weighted by Crippen LogP contribution is 2.49. The van der Waals surface area contributed by atoms with E-state index in [4.69, 9.17) is 11.6 Å². The van der Waals surface area contributed by atoms with Gasteiger partial charge in [0.2, 0.25) is 5.91 Å². The molecule has 1 saturated heterocycles. The predicted octanol–water partition coefficient (Wildman–Crippen LogP) is 3.36. The molecule has 3 aliphatic rings. The first-order valence-corrected chi connectivity index (χ1v) is 11.3. The minimum Gasteiger partial charge on any atom is -0.365 e. The number of carbonyl (C=O) groups is 1. The van der Waals surface area contributed by atoms with Crippen LogP contribution in [0.3, 0.4) is 0 Å². The highest BCUT2D eigenvalue weighted by Gasteiger charge is 2.40. The molecule has 0 radical (unpaired) electrons. The minimum absolute atomic E-state index is 0.176. The van der Waals surface area contributed by atoms with Crippen molar-refractivity contribution >= 4 is 23.2 Å². The van der Waals surface area contributed by atoms with Gasteiger partial charge in [0, 0.05) is 32.6 Å². The summed E-state index contributed by atoms with van der Waals surface area (Å²) in [6, 6.07) is 9.26. The van der Waals surface area contributed by atoms with E-state index in [1.165, 1.54) is 30.4 Å². The second-order valence-electron chi connectivity index (χ2n) is 8.90. The van der Waals surface area contributed by atoms with Gasteiger partial charge in [-0.2, -0.15) is 9.78 Å². The number of anilines is 1. The van der Waals surface area contributed by atoms with Crippen LogP contribution in [0.15, 0.2) is 41.3 Å². The molecule has 1 aromatic heterocycles. The number of halogens is 1. The van der Waals surface area contributed by atoms with Gasteiger partial charge in [0.15, 0.2) is 0 Å². The van der Waals surface area contributed by atoms with E-state index in [-0.39, 0.29) is 16.5 Å². The van der Waals surface area contributed by atoms with Crippen molar-refractivity contribution < 1.29 is 4.79 Å². The second kappa shape index (κ2) is 8.06. The molecule has 6 nitrogen and oxygen atoms in total. The Kier molecular flexibility index (Phi) is 5.27. The lowest BCUT2D eigenvalue weighted by Gasteiger charge is -2.37. The lowest BCUT2D eigenvalue weighted by Crippen LogP contribution is -2.49. The van der Waals surface area contributed by atoms with Gasteiger partial charge in [0.1, 0.15) is 5.02 Å². The number of piperazine rings is 1. The van der Waals surface area contributed by atoms with Crippen LogP contribution in [0.2, 0.25) is 5.02 Å². The van der Waals surface area contributed by atoms with Crippen LogP contribution in [0.4, 0.5) is 5.69 Å². The third-order valence-corrected chi connectivity index (χ3v) is 7.55. The van der Waals surface area contributed by atoms with E-state index in [0.29, 0.717) is 49.9 Å². The zero-order chi connectivity index (χ0) is 20.7. The lowest BCUT2D eigenvalue weighted by atomic mass is 9.86. The van der Waals surface area contributed by atoms with Crippen LogP contribution in [0.1, 0.15) is 32.1 Å². The average Bonchev–Trinajstić information content (AvgIpc) is 3.40. The van der Waals surface area contributed by atoms with Gasteiger partial charge in [-0.15, -0.1) is 0 Å². The summed E-state index contributed by atoms with van der Waals surface area (Å²) in [5.41, 5.74) is 1.01. The summed E-state index contributed by atoms with van der Waals surface area (Å²) >= 11 is 6.43. The Labute approximate surface area is 181 Å². The van der Waals surface area contributed by atoms with E-state index in [2.05, 4.69) is 10.00 Å². The Morgan fingerprint density at radius 3 is 2.50 bits per heavy atom. The molecule has 0 unspecified atom stereocenters. The fraction of sp³-hybridized carbons (Fsp3) is 0.522. The maximum absolute atomic E-state index is 12.8. The Hall–Kier alpha value is -2.34. The highest BCUT2D eigenvalue weighted by atomic mass is 35.5. The van der Waals surface area contributed by atoms with Gasteiger partial charge in [0.25, 0.3) is 5.56 Å². The summed E-state index contributed by atoms with van der Waals surface area (Å²) in [4.78, 5) is 29.6. The van der Waals surface area contributed by atoms with Crippen LogP contribution in [-0.4, -0.2) is 46.8 Å². The van der Waals surface area contributed by atoms with E-state index < -0.39 is 0 Å². The molecule has 0 spiro atoms. The van der Waals surface area contributed by atoms with Crippen LogP contribution in [0.25, 0.3) is 5.69 Å². The van der Waals surface area contributed by atoms with Crippen LogP contribution >= 0.6 is 11.6 Å². The van der Waals surface area contributed by atoms with Crippen molar-refractivity contribution in [1.29, 1.82) is 0 Å². The number of fused-ring (bicyclic) bond motifs is 2. The molecule has 7 heteroatoms. The second-order valence-corrected chi connectivity index (χ2v) is 9.28. The molecule has 3 fully saturated rings. The van der Waals surface area contributed by atoms with Gasteiger partial charge >= 0.3 is 0 Å². The van der Waals surface area contributed by atoms with Crippen molar-refractivity contribution in [2.45, 2.75) is 32.1 Å². The SMILES string of the molecule is O=C(C[C@@H]1C[C@H]2CC[C@@H]1C2)N1CCN(c2cnn(-c3ccccc3)c(=O)c2Cl)CC1. The van der Waals surface area contributed by atoms with Crippen molar-refractivity contribution in [3.8, 4) is 5.69 Å². The van der Waals surface area contributed by atoms with Gasteiger partial charge in [-0.1, -0.05) is 36.2 Å². The van der Waals surface area contributed by atoms with Gasteiger partial charge in [-0.25, -0.2) is 0 Å². The van der Waals surface area contributed by atoms with Gasteiger partial charge in [-0.05, 0) is 49.1 Å². The first-order valence-electron chi connectivity index (χ1n) is 11.0. The van der Waals surface area contributed by atoms with E-state index in [1.54, 1.807) is 6.20 Å². The molecule has 2 aromatic rings. The largest absolute Gasteiger partial charge is 0.365 e. The maximum atomic E-state index is 12.8. The van der Waals surface area contributed by atoms with E-state index in [1.807, 2.05) is 35.2 Å². The number of rotatable bonds is 4. The van der Waals surface area contributed by atoms with Crippen LogP contribution in [0, 0.1) is 17.8 Å². The van der Waals surface area contributed by atoms with Crippen molar-refractivity contribution in [2.24, 2.45) is 17.8 Å². The van der Waals surface area contributed by atoms with E-state index in [9.17, 15) is 9.59 Å².